The highest BCUT2D eigenvalue weighted by Crippen LogP contribution is 2.26. The smallest absolute Gasteiger partial charge is 0.239 e. The Hall–Kier alpha value is -1.10. The quantitative estimate of drug-likeness (QED) is 0.727. The first-order valence-corrected chi connectivity index (χ1v) is 6.51. The van der Waals surface area contributed by atoms with Gasteiger partial charge in [-0.15, -0.1) is 0 Å². The van der Waals surface area contributed by atoms with E-state index in [1.54, 1.807) is 4.90 Å². The van der Waals surface area contributed by atoms with Crippen molar-refractivity contribution >= 4 is 11.8 Å². The summed E-state index contributed by atoms with van der Waals surface area (Å²) >= 11 is 0. The van der Waals surface area contributed by atoms with Crippen molar-refractivity contribution in [2.75, 3.05) is 13.1 Å². The summed E-state index contributed by atoms with van der Waals surface area (Å²) in [6.07, 6.45) is 5.47. The molecule has 3 N–H and O–H groups in total. The third-order valence-electron chi connectivity index (χ3n) is 3.71. The zero-order chi connectivity index (χ0) is 12.3. The summed E-state index contributed by atoms with van der Waals surface area (Å²) in [5.41, 5.74) is 5.42. The molecule has 0 aromatic heterocycles. The molecule has 1 aliphatic heterocycles. The van der Waals surface area contributed by atoms with Crippen LogP contribution in [0.25, 0.3) is 0 Å². The predicted molar refractivity (Wildman–Crippen MR) is 64.2 cm³/mol. The van der Waals surface area contributed by atoms with Gasteiger partial charge < -0.3 is 16.0 Å². The van der Waals surface area contributed by atoms with Gasteiger partial charge in [0.2, 0.25) is 11.8 Å². The van der Waals surface area contributed by atoms with E-state index in [1.807, 2.05) is 0 Å². The maximum Gasteiger partial charge on any atom is 0.239 e. The molecule has 1 saturated carbocycles. The minimum absolute atomic E-state index is 0.0192. The van der Waals surface area contributed by atoms with Crippen LogP contribution in [0.15, 0.2) is 0 Å². The summed E-state index contributed by atoms with van der Waals surface area (Å²) in [5.74, 6) is 0.0662. The Balaban J connectivity index is 2.02. The molecule has 2 fully saturated rings. The Morgan fingerprint density at radius 1 is 1.41 bits per heavy atom. The number of piperazine rings is 1. The summed E-state index contributed by atoms with van der Waals surface area (Å²) in [6.45, 7) is 0.754. The average molecular weight is 239 g/mol. The molecule has 2 rings (SSSR count). The molecule has 2 atom stereocenters. The van der Waals surface area contributed by atoms with E-state index in [-0.39, 0.29) is 30.4 Å². The van der Waals surface area contributed by atoms with Gasteiger partial charge >= 0.3 is 0 Å². The molecule has 1 aliphatic carbocycles. The second-order valence-corrected chi connectivity index (χ2v) is 4.94. The molecule has 1 heterocycles. The van der Waals surface area contributed by atoms with Crippen molar-refractivity contribution < 1.29 is 9.59 Å². The van der Waals surface area contributed by atoms with E-state index in [1.165, 1.54) is 0 Å². The standard InChI is InChI=1S/C12H21N3O2/c13-7-3-6-12(17)15-8-11(16)14-9-4-1-2-5-10(9)15/h9-10H,1-8,13H2,(H,14,16). The van der Waals surface area contributed by atoms with E-state index < -0.39 is 0 Å². The number of carbonyl (C=O) groups excluding carboxylic acids is 2. The first kappa shape index (κ1) is 12.4. The molecule has 2 aliphatic rings. The fraction of sp³-hybridized carbons (Fsp3) is 0.833. The van der Waals surface area contributed by atoms with Crippen molar-refractivity contribution in [1.82, 2.24) is 10.2 Å². The van der Waals surface area contributed by atoms with E-state index in [2.05, 4.69) is 5.32 Å². The lowest BCUT2D eigenvalue weighted by Gasteiger charge is -2.44. The molecule has 0 aromatic carbocycles. The zero-order valence-corrected chi connectivity index (χ0v) is 10.2. The first-order chi connectivity index (χ1) is 8.22. The van der Waals surface area contributed by atoms with Crippen molar-refractivity contribution in [1.29, 1.82) is 0 Å². The fourth-order valence-corrected chi connectivity index (χ4v) is 2.85. The van der Waals surface area contributed by atoms with Gasteiger partial charge in [0.1, 0.15) is 0 Å². The van der Waals surface area contributed by atoms with Gasteiger partial charge in [-0.1, -0.05) is 12.8 Å². The minimum Gasteiger partial charge on any atom is -0.350 e. The third-order valence-corrected chi connectivity index (χ3v) is 3.71. The van der Waals surface area contributed by atoms with E-state index >= 15 is 0 Å². The predicted octanol–water partition coefficient (Wildman–Crippen LogP) is -0.00510. The van der Waals surface area contributed by atoms with Gasteiger partial charge in [-0.05, 0) is 25.8 Å². The highest BCUT2D eigenvalue weighted by Gasteiger charge is 2.38. The molecule has 0 radical (unpaired) electrons. The number of nitrogens with one attached hydrogen (secondary N) is 1. The van der Waals surface area contributed by atoms with Crippen LogP contribution in [0.2, 0.25) is 0 Å². The van der Waals surface area contributed by atoms with Crippen LogP contribution in [0.1, 0.15) is 38.5 Å². The van der Waals surface area contributed by atoms with Gasteiger partial charge in [0.15, 0.2) is 0 Å². The first-order valence-electron chi connectivity index (χ1n) is 6.51. The molecule has 5 nitrogen and oxygen atoms in total. The summed E-state index contributed by atoms with van der Waals surface area (Å²) in [5, 5.41) is 3.00. The average Bonchev–Trinajstić information content (AvgIpc) is 2.34. The van der Waals surface area contributed by atoms with E-state index in [0.717, 1.165) is 25.7 Å². The SMILES string of the molecule is NCCCC(=O)N1CC(=O)NC2CCCCC21. The van der Waals surface area contributed by atoms with Crippen LogP contribution in [0.5, 0.6) is 0 Å². The maximum atomic E-state index is 12.0. The van der Waals surface area contributed by atoms with Crippen LogP contribution in [0.3, 0.4) is 0 Å². The van der Waals surface area contributed by atoms with Gasteiger partial charge in [-0.3, -0.25) is 9.59 Å². The van der Waals surface area contributed by atoms with E-state index in [4.69, 9.17) is 5.73 Å². The number of rotatable bonds is 3. The molecule has 2 unspecified atom stereocenters. The van der Waals surface area contributed by atoms with Crippen molar-refractivity contribution in [3.8, 4) is 0 Å². The Kier molecular flexibility index (Phi) is 3.99. The van der Waals surface area contributed by atoms with Gasteiger partial charge in [0, 0.05) is 12.5 Å². The molecule has 0 bridgehead atoms. The van der Waals surface area contributed by atoms with Crippen molar-refractivity contribution in [2.45, 2.75) is 50.6 Å². The van der Waals surface area contributed by atoms with E-state index in [9.17, 15) is 9.59 Å². The van der Waals surface area contributed by atoms with Crippen molar-refractivity contribution in [2.24, 2.45) is 5.73 Å². The number of hydrogen-bond donors (Lipinski definition) is 2. The zero-order valence-electron chi connectivity index (χ0n) is 10.2. The molecule has 2 amide bonds. The fourth-order valence-electron chi connectivity index (χ4n) is 2.85. The highest BCUT2D eigenvalue weighted by molar-refractivity contribution is 5.86. The normalized spacial score (nSPS) is 28.5. The number of hydrogen-bond acceptors (Lipinski definition) is 3. The van der Waals surface area contributed by atoms with Crippen LogP contribution in [0, 0.1) is 0 Å². The Morgan fingerprint density at radius 2 is 2.18 bits per heavy atom. The maximum absolute atomic E-state index is 12.0. The minimum atomic E-state index is -0.0192. The van der Waals surface area contributed by atoms with Crippen LogP contribution in [-0.2, 0) is 9.59 Å². The molecule has 17 heavy (non-hydrogen) atoms. The van der Waals surface area contributed by atoms with Gasteiger partial charge in [0.05, 0.1) is 12.6 Å². The number of amides is 2. The number of carbonyl (C=O) groups is 2. The van der Waals surface area contributed by atoms with Crippen LogP contribution >= 0.6 is 0 Å². The lowest BCUT2D eigenvalue weighted by molar-refractivity contribution is -0.144. The summed E-state index contributed by atoms with van der Waals surface area (Å²) in [7, 11) is 0. The van der Waals surface area contributed by atoms with Crippen molar-refractivity contribution in [3.63, 3.8) is 0 Å². The summed E-state index contributed by atoms with van der Waals surface area (Å²) in [6, 6.07) is 0.388. The van der Waals surface area contributed by atoms with E-state index in [0.29, 0.717) is 19.4 Å². The molecule has 1 saturated heterocycles. The Morgan fingerprint density at radius 3 is 2.94 bits per heavy atom. The molecular formula is C12H21N3O2. The van der Waals surface area contributed by atoms with Crippen LogP contribution in [-0.4, -0.2) is 41.9 Å². The highest BCUT2D eigenvalue weighted by atomic mass is 16.2. The second-order valence-electron chi connectivity index (χ2n) is 4.94. The van der Waals surface area contributed by atoms with Crippen molar-refractivity contribution in [3.05, 3.63) is 0 Å². The van der Waals surface area contributed by atoms with Crippen LogP contribution < -0.4 is 11.1 Å². The Labute approximate surface area is 102 Å². The molecule has 0 aromatic rings. The summed E-state index contributed by atoms with van der Waals surface area (Å²) in [4.78, 5) is 25.4. The number of fused-ring (bicyclic) bond motifs is 1. The lowest BCUT2D eigenvalue weighted by Crippen LogP contribution is -2.62. The Bertz CT molecular complexity index is 306. The molecular weight excluding hydrogens is 218 g/mol. The summed E-state index contributed by atoms with van der Waals surface area (Å²) < 4.78 is 0. The molecule has 96 valence electrons. The second kappa shape index (κ2) is 5.49. The number of nitrogens with two attached hydrogens (primary N) is 1. The van der Waals surface area contributed by atoms with Gasteiger partial charge in [-0.2, -0.15) is 0 Å². The topological polar surface area (TPSA) is 75.4 Å². The third kappa shape index (κ3) is 2.77. The monoisotopic (exact) mass is 239 g/mol. The lowest BCUT2D eigenvalue weighted by atomic mass is 9.87. The van der Waals surface area contributed by atoms with Crippen LogP contribution in [0.4, 0.5) is 0 Å². The van der Waals surface area contributed by atoms with Gasteiger partial charge in [0.25, 0.3) is 0 Å². The van der Waals surface area contributed by atoms with Gasteiger partial charge in [-0.25, -0.2) is 0 Å². The molecule has 5 heteroatoms. The largest absolute Gasteiger partial charge is 0.350 e. The number of nitrogens with zero attached hydrogens (tertiary/aromatic N) is 1. The molecule has 0 spiro atoms.